The van der Waals surface area contributed by atoms with Gasteiger partial charge in [-0.1, -0.05) is 35.2 Å². The van der Waals surface area contributed by atoms with Crippen LogP contribution in [0.15, 0.2) is 34.1 Å². The number of aromatic nitrogens is 2. The molecule has 72 valence electrons. The Balaban J connectivity index is 1.95. The van der Waals surface area contributed by atoms with E-state index >= 15 is 0 Å². The fourth-order valence-electron chi connectivity index (χ4n) is 0.952. The average Bonchev–Trinajstić information content (AvgIpc) is 2.70. The normalized spacial score (nSPS) is 10.4. The van der Waals surface area contributed by atoms with Gasteiger partial charge in [0.15, 0.2) is 4.34 Å². The Bertz CT molecular complexity index is 386. The molecule has 5 heteroatoms. The van der Waals surface area contributed by atoms with E-state index in [2.05, 4.69) is 57.1 Å². The number of halogens is 1. The molecule has 0 amide bonds. The molecule has 0 atom stereocenters. The van der Waals surface area contributed by atoms with Gasteiger partial charge in [0.2, 0.25) is 0 Å². The Morgan fingerprint density at radius 1 is 1.29 bits per heavy atom. The van der Waals surface area contributed by atoms with Crippen molar-refractivity contribution in [3.63, 3.8) is 0 Å². The molecule has 2 rings (SSSR count). The minimum absolute atomic E-state index is 0.964. The van der Waals surface area contributed by atoms with Crippen LogP contribution in [-0.4, -0.2) is 10.2 Å². The molecule has 0 bridgehead atoms. The minimum Gasteiger partial charge on any atom is -0.146 e. The molecule has 0 aliphatic carbocycles. The lowest BCUT2D eigenvalue weighted by Gasteiger charge is -1.98. The molecule has 0 N–H and O–H groups in total. The Hall–Kier alpha value is -0.140. The summed E-state index contributed by atoms with van der Waals surface area (Å²) in [4.78, 5) is 0. The first-order chi connectivity index (χ1) is 6.84. The van der Waals surface area contributed by atoms with Crippen molar-refractivity contribution in [2.75, 3.05) is 0 Å². The second-order valence-corrected chi connectivity index (χ2v) is 5.92. The fourth-order valence-corrected chi connectivity index (χ4v) is 2.76. The van der Waals surface area contributed by atoms with E-state index in [1.54, 1.807) is 28.6 Å². The fraction of sp³-hybridized carbons (Fsp3) is 0.111. The van der Waals surface area contributed by atoms with E-state index in [0.29, 0.717) is 0 Å². The zero-order chi connectivity index (χ0) is 9.80. The Morgan fingerprint density at radius 2 is 2.07 bits per heavy atom. The third kappa shape index (κ3) is 2.93. The molecule has 2 aromatic rings. The summed E-state index contributed by atoms with van der Waals surface area (Å²) < 4.78 is 2.30. The number of hydrogen-bond acceptors (Lipinski definition) is 4. The van der Waals surface area contributed by atoms with Crippen molar-refractivity contribution >= 4 is 45.7 Å². The molecule has 1 aromatic carbocycles. The first kappa shape index (κ1) is 10.4. The Labute approximate surface area is 104 Å². The van der Waals surface area contributed by atoms with Gasteiger partial charge in [0.1, 0.15) is 5.51 Å². The largest absolute Gasteiger partial charge is 0.174 e. The van der Waals surface area contributed by atoms with Gasteiger partial charge in [0.25, 0.3) is 0 Å². The molecule has 14 heavy (non-hydrogen) atoms. The molecule has 0 saturated heterocycles. The summed E-state index contributed by atoms with van der Waals surface area (Å²) in [6.45, 7) is 0. The van der Waals surface area contributed by atoms with Gasteiger partial charge in [-0.05, 0) is 40.3 Å². The highest BCUT2D eigenvalue weighted by Gasteiger charge is 1.98. The van der Waals surface area contributed by atoms with Crippen LogP contribution in [0, 0.1) is 3.57 Å². The van der Waals surface area contributed by atoms with Crippen molar-refractivity contribution < 1.29 is 0 Å². The maximum Gasteiger partial charge on any atom is 0.174 e. The van der Waals surface area contributed by atoms with E-state index < -0.39 is 0 Å². The van der Waals surface area contributed by atoms with Gasteiger partial charge >= 0.3 is 0 Å². The van der Waals surface area contributed by atoms with E-state index in [1.165, 1.54) is 9.13 Å². The van der Waals surface area contributed by atoms with E-state index in [1.807, 2.05) is 0 Å². The van der Waals surface area contributed by atoms with Gasteiger partial charge in [-0.2, -0.15) is 0 Å². The number of benzene rings is 1. The standard InChI is InChI=1S/C9H7IN2S2/c10-8-3-1-7(2-4-8)5-13-9-12-11-6-14-9/h1-4,6H,5H2. The molecule has 0 unspecified atom stereocenters. The first-order valence-electron chi connectivity index (χ1n) is 3.98. The van der Waals surface area contributed by atoms with Crippen molar-refractivity contribution in [1.29, 1.82) is 0 Å². The highest BCUT2D eigenvalue weighted by atomic mass is 127. The van der Waals surface area contributed by atoms with E-state index in [4.69, 9.17) is 0 Å². The first-order valence-corrected chi connectivity index (χ1v) is 6.92. The third-order valence-corrected chi connectivity index (χ3v) is 4.27. The predicted molar refractivity (Wildman–Crippen MR) is 68.6 cm³/mol. The quantitative estimate of drug-likeness (QED) is 0.635. The molecule has 1 heterocycles. The predicted octanol–water partition coefficient (Wildman–Crippen LogP) is 3.44. The second-order valence-electron chi connectivity index (χ2n) is 2.62. The van der Waals surface area contributed by atoms with Crippen molar-refractivity contribution in [2.24, 2.45) is 0 Å². The van der Waals surface area contributed by atoms with Gasteiger partial charge in [0.05, 0.1) is 0 Å². The topological polar surface area (TPSA) is 25.8 Å². The third-order valence-electron chi connectivity index (χ3n) is 1.62. The molecule has 0 spiro atoms. The molecular weight excluding hydrogens is 327 g/mol. The highest BCUT2D eigenvalue weighted by Crippen LogP contribution is 2.23. The van der Waals surface area contributed by atoms with E-state index in [0.717, 1.165) is 10.1 Å². The van der Waals surface area contributed by atoms with Crippen LogP contribution >= 0.6 is 45.7 Å². The van der Waals surface area contributed by atoms with Crippen molar-refractivity contribution in [3.05, 3.63) is 38.9 Å². The lowest BCUT2D eigenvalue weighted by molar-refractivity contribution is 1.01. The van der Waals surface area contributed by atoms with E-state index in [9.17, 15) is 0 Å². The van der Waals surface area contributed by atoms with Gasteiger partial charge < -0.3 is 0 Å². The minimum atomic E-state index is 0.964. The van der Waals surface area contributed by atoms with Crippen LogP contribution < -0.4 is 0 Å². The van der Waals surface area contributed by atoms with Crippen LogP contribution in [0.2, 0.25) is 0 Å². The summed E-state index contributed by atoms with van der Waals surface area (Å²) in [6.07, 6.45) is 0. The van der Waals surface area contributed by atoms with Crippen molar-refractivity contribution in [2.45, 2.75) is 10.1 Å². The van der Waals surface area contributed by atoms with Crippen LogP contribution in [0.25, 0.3) is 0 Å². The Morgan fingerprint density at radius 3 is 2.71 bits per heavy atom. The van der Waals surface area contributed by atoms with Crippen LogP contribution in [-0.2, 0) is 5.75 Å². The monoisotopic (exact) mass is 334 g/mol. The van der Waals surface area contributed by atoms with Gasteiger partial charge in [-0.25, -0.2) is 0 Å². The van der Waals surface area contributed by atoms with Crippen LogP contribution in [0.4, 0.5) is 0 Å². The highest BCUT2D eigenvalue weighted by molar-refractivity contribution is 14.1. The maximum atomic E-state index is 3.98. The summed E-state index contributed by atoms with van der Waals surface area (Å²) in [5, 5.41) is 7.77. The lowest BCUT2D eigenvalue weighted by atomic mass is 10.2. The molecule has 0 saturated carbocycles. The molecule has 0 aliphatic rings. The summed E-state index contributed by atoms with van der Waals surface area (Å²) in [7, 11) is 0. The lowest BCUT2D eigenvalue weighted by Crippen LogP contribution is -1.80. The molecular formula is C9H7IN2S2. The molecule has 1 aromatic heterocycles. The maximum absolute atomic E-state index is 3.98. The zero-order valence-electron chi connectivity index (χ0n) is 7.18. The van der Waals surface area contributed by atoms with Crippen molar-refractivity contribution in [1.82, 2.24) is 10.2 Å². The second kappa shape index (κ2) is 5.09. The zero-order valence-corrected chi connectivity index (χ0v) is 11.0. The smallest absolute Gasteiger partial charge is 0.146 e. The molecule has 0 radical (unpaired) electrons. The van der Waals surface area contributed by atoms with Crippen LogP contribution in [0.1, 0.15) is 5.56 Å². The van der Waals surface area contributed by atoms with Crippen LogP contribution in [0.3, 0.4) is 0 Å². The SMILES string of the molecule is Ic1ccc(CSc2nncs2)cc1. The van der Waals surface area contributed by atoms with Gasteiger partial charge in [-0.15, -0.1) is 10.2 Å². The van der Waals surface area contributed by atoms with E-state index in [-0.39, 0.29) is 0 Å². The number of nitrogens with zero attached hydrogens (tertiary/aromatic N) is 2. The van der Waals surface area contributed by atoms with Gasteiger partial charge in [0, 0.05) is 9.32 Å². The Kier molecular flexibility index (Phi) is 3.77. The van der Waals surface area contributed by atoms with Crippen LogP contribution in [0.5, 0.6) is 0 Å². The molecule has 0 fully saturated rings. The van der Waals surface area contributed by atoms with Gasteiger partial charge in [-0.3, -0.25) is 0 Å². The number of rotatable bonds is 3. The number of thioether (sulfide) groups is 1. The molecule has 0 aliphatic heterocycles. The summed E-state index contributed by atoms with van der Waals surface area (Å²) >= 11 is 5.62. The average molecular weight is 334 g/mol. The summed E-state index contributed by atoms with van der Waals surface area (Å²) in [5.41, 5.74) is 3.08. The summed E-state index contributed by atoms with van der Waals surface area (Å²) in [5.74, 6) is 0.964. The molecule has 2 nitrogen and oxygen atoms in total. The number of hydrogen-bond donors (Lipinski definition) is 0. The van der Waals surface area contributed by atoms with Crippen molar-refractivity contribution in [3.8, 4) is 0 Å². The summed E-state index contributed by atoms with van der Waals surface area (Å²) in [6, 6.07) is 8.54.